The first-order valence-corrected chi connectivity index (χ1v) is 4.10. The van der Waals surface area contributed by atoms with Crippen LogP contribution < -0.4 is 0 Å². The minimum absolute atomic E-state index is 0.423. The Bertz CT molecular complexity index is 337. The molecule has 14 heavy (non-hydrogen) atoms. The number of aliphatic carboxylic acids is 1. The van der Waals surface area contributed by atoms with Crippen LogP contribution in [-0.2, 0) is 10.4 Å². The van der Waals surface area contributed by atoms with Crippen LogP contribution in [0.1, 0.15) is 5.01 Å². The van der Waals surface area contributed by atoms with Crippen molar-refractivity contribution in [1.82, 2.24) is 4.98 Å². The molecule has 1 aromatic heterocycles. The second kappa shape index (κ2) is 3.21. The zero-order valence-corrected chi connectivity index (χ0v) is 7.26. The van der Waals surface area contributed by atoms with E-state index in [0.717, 1.165) is 11.6 Å². The fourth-order valence-corrected chi connectivity index (χ4v) is 1.48. The molecule has 0 radical (unpaired) electrons. The van der Waals surface area contributed by atoms with Gasteiger partial charge in [-0.05, 0) is 0 Å². The molecule has 1 atom stereocenters. The molecule has 0 aromatic carbocycles. The van der Waals surface area contributed by atoms with E-state index < -0.39 is 22.8 Å². The molecule has 8 heteroatoms. The number of nitrogens with zero attached hydrogens (tertiary/aromatic N) is 1. The smallest absolute Gasteiger partial charge is 0.434 e. The first-order chi connectivity index (χ1) is 6.30. The summed E-state index contributed by atoms with van der Waals surface area (Å²) in [6, 6.07) is 0. The molecule has 1 aromatic rings. The fourth-order valence-electron chi connectivity index (χ4n) is 0.736. The monoisotopic (exact) mass is 227 g/mol. The van der Waals surface area contributed by atoms with Crippen LogP contribution in [0.3, 0.4) is 0 Å². The third-order valence-electron chi connectivity index (χ3n) is 1.46. The average molecular weight is 227 g/mol. The van der Waals surface area contributed by atoms with E-state index in [2.05, 4.69) is 4.98 Å². The van der Waals surface area contributed by atoms with E-state index >= 15 is 0 Å². The number of hydrogen-bond donors (Lipinski definition) is 2. The third-order valence-corrected chi connectivity index (χ3v) is 2.34. The largest absolute Gasteiger partial charge is 0.479 e. The zero-order valence-electron chi connectivity index (χ0n) is 6.45. The molecule has 0 aliphatic rings. The van der Waals surface area contributed by atoms with Crippen LogP contribution in [0.2, 0.25) is 0 Å². The van der Waals surface area contributed by atoms with Gasteiger partial charge in [0.2, 0.25) is 0 Å². The van der Waals surface area contributed by atoms with Gasteiger partial charge in [0.15, 0.2) is 0 Å². The summed E-state index contributed by atoms with van der Waals surface area (Å²) in [6.07, 6.45) is -4.31. The molecule has 0 bridgehead atoms. The molecule has 4 nitrogen and oxygen atoms in total. The number of alkyl halides is 3. The second-order valence-corrected chi connectivity index (χ2v) is 3.25. The molecule has 2 N–H and O–H groups in total. The van der Waals surface area contributed by atoms with Crippen LogP contribution in [-0.4, -0.2) is 27.3 Å². The van der Waals surface area contributed by atoms with Crippen molar-refractivity contribution in [2.24, 2.45) is 0 Å². The van der Waals surface area contributed by atoms with Crippen LogP contribution in [0.5, 0.6) is 0 Å². The van der Waals surface area contributed by atoms with Crippen molar-refractivity contribution in [3.63, 3.8) is 0 Å². The molecule has 0 saturated heterocycles. The van der Waals surface area contributed by atoms with Gasteiger partial charge in [-0.25, -0.2) is 9.78 Å². The minimum Gasteiger partial charge on any atom is -0.479 e. The summed E-state index contributed by atoms with van der Waals surface area (Å²) >= 11 is 0.423. The SMILES string of the molecule is O=C(O)C(O)(c1nccs1)C(F)(F)F. The van der Waals surface area contributed by atoms with E-state index in [0.29, 0.717) is 11.3 Å². The Labute approximate surface area is 79.6 Å². The number of aliphatic hydroxyl groups is 1. The summed E-state index contributed by atoms with van der Waals surface area (Å²) in [4.78, 5) is 13.5. The van der Waals surface area contributed by atoms with Gasteiger partial charge in [0.05, 0.1) is 0 Å². The summed E-state index contributed by atoms with van der Waals surface area (Å²) in [7, 11) is 0. The Kier molecular flexibility index (Phi) is 2.50. The van der Waals surface area contributed by atoms with E-state index in [9.17, 15) is 18.0 Å². The van der Waals surface area contributed by atoms with Crippen molar-refractivity contribution in [1.29, 1.82) is 0 Å². The van der Waals surface area contributed by atoms with Gasteiger partial charge in [-0.15, -0.1) is 11.3 Å². The zero-order chi connectivity index (χ0) is 11.0. The summed E-state index contributed by atoms with van der Waals surface area (Å²) < 4.78 is 36.8. The number of carboxylic acids is 1. The van der Waals surface area contributed by atoms with Gasteiger partial charge in [-0.1, -0.05) is 0 Å². The fraction of sp³-hybridized carbons (Fsp3) is 0.333. The number of halogens is 3. The lowest BCUT2D eigenvalue weighted by molar-refractivity contribution is -0.265. The lowest BCUT2D eigenvalue weighted by Crippen LogP contribution is -2.49. The van der Waals surface area contributed by atoms with Crippen LogP contribution in [0.25, 0.3) is 0 Å². The molecule has 0 amide bonds. The average Bonchev–Trinajstić information content (AvgIpc) is 2.52. The summed E-state index contributed by atoms with van der Waals surface area (Å²) in [5, 5.41) is 17.6. The molecule has 1 unspecified atom stereocenters. The molecular formula is C6H4F3NO3S. The molecule has 1 heterocycles. The van der Waals surface area contributed by atoms with Gasteiger partial charge in [0.1, 0.15) is 5.01 Å². The van der Waals surface area contributed by atoms with Crippen LogP contribution in [0.15, 0.2) is 11.6 Å². The number of hydrogen-bond acceptors (Lipinski definition) is 4. The van der Waals surface area contributed by atoms with Gasteiger partial charge in [-0.3, -0.25) is 0 Å². The quantitative estimate of drug-likeness (QED) is 0.790. The highest BCUT2D eigenvalue weighted by Crippen LogP contribution is 2.39. The van der Waals surface area contributed by atoms with Gasteiger partial charge in [0, 0.05) is 11.6 Å². The maximum absolute atomic E-state index is 12.3. The highest BCUT2D eigenvalue weighted by molar-refractivity contribution is 7.09. The molecule has 78 valence electrons. The van der Waals surface area contributed by atoms with Crippen molar-refractivity contribution in [3.8, 4) is 0 Å². The molecule has 0 saturated carbocycles. The summed E-state index contributed by atoms with van der Waals surface area (Å²) in [5.74, 6) is -2.39. The number of carboxylic acid groups (broad SMARTS) is 1. The van der Waals surface area contributed by atoms with Crippen LogP contribution in [0, 0.1) is 0 Å². The summed E-state index contributed by atoms with van der Waals surface area (Å²) in [6.45, 7) is 0. The second-order valence-electron chi connectivity index (χ2n) is 2.35. The molecule has 0 spiro atoms. The van der Waals surface area contributed by atoms with Crippen molar-refractivity contribution in [3.05, 3.63) is 16.6 Å². The van der Waals surface area contributed by atoms with Crippen molar-refractivity contribution in [2.75, 3.05) is 0 Å². The van der Waals surface area contributed by atoms with Gasteiger partial charge < -0.3 is 10.2 Å². The lowest BCUT2D eigenvalue weighted by atomic mass is 10.1. The standard InChI is InChI=1S/C6H4F3NO3S/c7-6(8,9)5(13,4(11)12)3-10-1-2-14-3/h1-2,13H,(H,11,12). The highest BCUT2D eigenvalue weighted by atomic mass is 32.1. The Morgan fingerprint density at radius 3 is 2.36 bits per heavy atom. The van der Waals surface area contributed by atoms with Gasteiger partial charge in [0.25, 0.3) is 0 Å². The minimum atomic E-state index is -5.29. The predicted molar refractivity (Wildman–Crippen MR) is 39.7 cm³/mol. The van der Waals surface area contributed by atoms with Crippen LogP contribution >= 0.6 is 11.3 Å². The molecule has 0 fully saturated rings. The Morgan fingerprint density at radius 1 is 1.50 bits per heavy atom. The van der Waals surface area contributed by atoms with E-state index in [-0.39, 0.29) is 0 Å². The lowest BCUT2D eigenvalue weighted by Gasteiger charge is -2.23. The Balaban J connectivity index is 3.27. The van der Waals surface area contributed by atoms with E-state index in [1.807, 2.05) is 0 Å². The molecular weight excluding hydrogens is 223 g/mol. The maximum Gasteiger partial charge on any atom is 0.434 e. The predicted octanol–water partition coefficient (Wildman–Crippen LogP) is 0.978. The number of aromatic nitrogens is 1. The Morgan fingerprint density at radius 2 is 2.07 bits per heavy atom. The first-order valence-electron chi connectivity index (χ1n) is 3.22. The molecule has 0 aliphatic heterocycles. The van der Waals surface area contributed by atoms with Crippen molar-refractivity contribution >= 4 is 17.3 Å². The first kappa shape index (κ1) is 10.9. The van der Waals surface area contributed by atoms with Gasteiger partial charge >= 0.3 is 17.7 Å². The van der Waals surface area contributed by atoms with Crippen molar-refractivity contribution < 1.29 is 28.2 Å². The summed E-state index contributed by atoms with van der Waals surface area (Å²) in [5.41, 5.74) is -3.92. The van der Waals surface area contributed by atoms with Crippen molar-refractivity contribution in [2.45, 2.75) is 11.8 Å². The van der Waals surface area contributed by atoms with Gasteiger partial charge in [-0.2, -0.15) is 13.2 Å². The van der Waals surface area contributed by atoms with E-state index in [1.54, 1.807) is 0 Å². The Hall–Kier alpha value is -1.15. The number of thiazole rings is 1. The normalized spacial score (nSPS) is 16.3. The topological polar surface area (TPSA) is 70.4 Å². The van der Waals surface area contributed by atoms with E-state index in [4.69, 9.17) is 10.2 Å². The van der Waals surface area contributed by atoms with E-state index in [1.165, 1.54) is 0 Å². The molecule has 1 rings (SSSR count). The number of carbonyl (C=O) groups is 1. The molecule has 0 aliphatic carbocycles. The number of rotatable bonds is 2. The third kappa shape index (κ3) is 1.46. The van der Waals surface area contributed by atoms with Crippen LogP contribution in [0.4, 0.5) is 13.2 Å². The highest BCUT2D eigenvalue weighted by Gasteiger charge is 2.63. The maximum atomic E-state index is 12.3.